The van der Waals surface area contributed by atoms with Crippen molar-refractivity contribution in [2.75, 3.05) is 22.9 Å². The van der Waals surface area contributed by atoms with Gasteiger partial charge in [0, 0.05) is 16.7 Å². The van der Waals surface area contributed by atoms with Crippen molar-refractivity contribution in [3.05, 3.63) is 155 Å². The second kappa shape index (κ2) is 21.3. The van der Waals surface area contributed by atoms with E-state index < -0.39 is 35.7 Å². The van der Waals surface area contributed by atoms with Crippen LogP contribution in [0.2, 0.25) is 0 Å². The molecule has 0 amide bonds. The van der Waals surface area contributed by atoms with Gasteiger partial charge < -0.3 is 22.9 Å². The van der Waals surface area contributed by atoms with Crippen LogP contribution in [0.25, 0.3) is 52.7 Å². The average Bonchev–Trinajstić information content (AvgIpc) is 4.09. The summed E-state index contributed by atoms with van der Waals surface area (Å²) in [5.74, 6) is 0. The molecule has 24 heteroatoms. The fraction of sp³-hybridized carbons (Fsp3) is 0.107. The van der Waals surface area contributed by atoms with Crippen molar-refractivity contribution in [2.24, 2.45) is 40.9 Å². The maximum absolute atomic E-state index is 12.9. The lowest BCUT2D eigenvalue weighted by atomic mass is 10.00. The average molecular weight is 1140 g/mol. The summed E-state index contributed by atoms with van der Waals surface area (Å²) in [5, 5.41) is 35.9. The summed E-state index contributed by atoms with van der Waals surface area (Å²) in [4.78, 5) is 8.40. The lowest BCUT2D eigenvalue weighted by Crippen LogP contribution is -2.05. The van der Waals surface area contributed by atoms with Crippen LogP contribution in [0.5, 0.6) is 0 Å². The number of nitrogens with two attached hydrogens (primary N) is 4. The van der Waals surface area contributed by atoms with E-state index in [4.69, 9.17) is 32.9 Å². The molecule has 80 heavy (non-hydrogen) atoms. The van der Waals surface area contributed by atoms with Crippen molar-refractivity contribution in [2.45, 2.75) is 51.3 Å². The number of aromatic nitrogens is 2. The summed E-state index contributed by atoms with van der Waals surface area (Å²) in [5.41, 5.74) is 36.4. The molecule has 0 bridgehead atoms. The summed E-state index contributed by atoms with van der Waals surface area (Å²) in [6, 6.07) is 34.0. The maximum atomic E-state index is 12.9. The van der Waals surface area contributed by atoms with Crippen LogP contribution < -0.4 is 22.9 Å². The van der Waals surface area contributed by atoms with Crippen LogP contribution in [-0.4, -0.2) is 35.9 Å². The van der Waals surface area contributed by atoms with Gasteiger partial charge in [0.2, 0.25) is 0 Å². The Morgan fingerprint density at radius 1 is 0.400 bits per heavy atom. The molecule has 0 aliphatic carbocycles. The number of hydrogen-bond acceptors (Lipinski definition) is 20. The second-order valence-electron chi connectivity index (χ2n) is 18.7. The van der Waals surface area contributed by atoms with Crippen molar-refractivity contribution in [1.29, 1.82) is 0 Å². The van der Waals surface area contributed by atoms with E-state index in [0.29, 0.717) is 28.1 Å². The van der Waals surface area contributed by atoms with E-state index in [0.717, 1.165) is 53.7 Å². The highest BCUT2D eigenvalue weighted by Crippen LogP contribution is 2.45. The molecule has 0 atom stereocenters. The molecule has 0 radical (unpaired) electrons. The Bertz CT molecular complexity index is 4540. The van der Waals surface area contributed by atoms with Crippen molar-refractivity contribution >= 4 is 132 Å². The third kappa shape index (κ3) is 10.9. The van der Waals surface area contributed by atoms with Gasteiger partial charge in [-0.15, -0.1) is 43.1 Å². The molecule has 0 saturated heterocycles. The molecule has 2 aromatic heterocycles. The predicted molar refractivity (Wildman–Crippen MR) is 317 cm³/mol. The largest absolute Gasteiger partial charge is 0.397 e. The van der Waals surface area contributed by atoms with Crippen LogP contribution in [0.4, 0.5) is 68.2 Å². The molecule has 0 aliphatic heterocycles. The highest BCUT2D eigenvalue weighted by molar-refractivity contribution is 7.86. The van der Waals surface area contributed by atoms with Gasteiger partial charge in [-0.3, -0.25) is 9.11 Å². The molecule has 10 N–H and O–H groups in total. The number of thiazole rings is 2. The maximum Gasteiger partial charge on any atom is 0.296 e. The lowest BCUT2D eigenvalue weighted by molar-refractivity contribution is 0.481. The zero-order valence-corrected chi connectivity index (χ0v) is 46.8. The van der Waals surface area contributed by atoms with E-state index >= 15 is 0 Å². The Labute approximate surface area is 467 Å². The van der Waals surface area contributed by atoms with Gasteiger partial charge in [0.25, 0.3) is 20.2 Å². The first-order valence-corrected chi connectivity index (χ1v) is 28.8. The molecule has 0 aliphatic rings. The summed E-state index contributed by atoms with van der Waals surface area (Å²) in [6.07, 6.45) is 0. The number of azo groups is 4. The van der Waals surface area contributed by atoms with Gasteiger partial charge in [-0.2, -0.15) is 37.3 Å². The third-order valence-electron chi connectivity index (χ3n) is 13.4. The fourth-order valence-corrected chi connectivity index (χ4v) is 12.2. The quantitative estimate of drug-likeness (QED) is 0.0356. The Morgan fingerprint density at radius 3 is 1.30 bits per heavy atom. The van der Waals surface area contributed by atoms with Crippen LogP contribution in [-0.2, 0) is 20.2 Å². The number of fused-ring (bicyclic) bond motifs is 2. The molecule has 0 unspecified atom stereocenters. The molecule has 10 aromatic rings. The Balaban J connectivity index is 0.871. The zero-order chi connectivity index (χ0) is 56.9. The number of anilines is 4. The number of nitrogen functional groups attached to an aromatic ring is 4. The topological polar surface area (TPSA) is 337 Å². The summed E-state index contributed by atoms with van der Waals surface area (Å²) < 4.78 is 73.7. The molecule has 0 spiro atoms. The van der Waals surface area contributed by atoms with E-state index in [1.54, 1.807) is 66.9 Å². The summed E-state index contributed by atoms with van der Waals surface area (Å²) >= 11 is 3.21. The van der Waals surface area contributed by atoms with Crippen LogP contribution in [0.15, 0.2) is 172 Å². The van der Waals surface area contributed by atoms with Crippen molar-refractivity contribution in [3.8, 4) is 32.3 Å². The minimum Gasteiger partial charge on any atom is -0.397 e. The Kier molecular flexibility index (Phi) is 14.5. The van der Waals surface area contributed by atoms with Gasteiger partial charge in [0.05, 0.1) is 65.9 Å². The SMILES string of the molecule is Cc1cc(N=Nc2cc(S(=O)(=O)O)c(N)c(N=Nc3ccc(-c4nc5ccc(C)c(C)c5s4)cc3)c2N)ccc1-c1ccc(N=Nc2cc(C)c(N)c(N=Nc3ccc(-c4nc5ccc(C)c(C)c5s4)cc3)c2N)cc1S(=O)(=O)O. The summed E-state index contributed by atoms with van der Waals surface area (Å²) in [6.45, 7) is 11.7. The normalized spacial score (nSPS) is 12.4. The Morgan fingerprint density at radius 2 is 0.825 bits per heavy atom. The molecule has 402 valence electrons. The molecule has 0 saturated carbocycles. The highest BCUT2D eigenvalue weighted by Gasteiger charge is 2.24. The van der Waals surface area contributed by atoms with Crippen molar-refractivity contribution in [1.82, 2.24) is 9.97 Å². The van der Waals surface area contributed by atoms with Gasteiger partial charge in [-0.25, -0.2) is 9.97 Å². The smallest absolute Gasteiger partial charge is 0.296 e. The molecule has 8 aromatic carbocycles. The summed E-state index contributed by atoms with van der Waals surface area (Å²) in [7, 11) is -9.76. The van der Waals surface area contributed by atoms with E-state index in [2.05, 4.69) is 74.7 Å². The number of nitrogens with zero attached hydrogens (tertiary/aromatic N) is 10. The van der Waals surface area contributed by atoms with Gasteiger partial charge in [-0.05, 0) is 178 Å². The van der Waals surface area contributed by atoms with E-state index in [1.165, 1.54) is 40.5 Å². The van der Waals surface area contributed by atoms with E-state index in [1.807, 2.05) is 54.6 Å². The molecule has 2 heterocycles. The van der Waals surface area contributed by atoms with Crippen LogP contribution in [0, 0.1) is 41.5 Å². The van der Waals surface area contributed by atoms with Gasteiger partial charge in [0.1, 0.15) is 42.6 Å². The van der Waals surface area contributed by atoms with E-state index in [-0.39, 0.29) is 56.7 Å². The molecular formula is C56H48N14O6S4. The first-order chi connectivity index (χ1) is 38.0. The fourth-order valence-electron chi connectivity index (χ4n) is 8.56. The van der Waals surface area contributed by atoms with Crippen molar-refractivity contribution < 1.29 is 25.9 Å². The zero-order valence-electron chi connectivity index (χ0n) is 43.5. The monoisotopic (exact) mass is 1140 g/mol. The third-order valence-corrected chi connectivity index (χ3v) is 17.6. The lowest BCUT2D eigenvalue weighted by Gasteiger charge is -2.12. The van der Waals surface area contributed by atoms with Crippen LogP contribution in [0.3, 0.4) is 0 Å². The predicted octanol–water partition coefficient (Wildman–Crippen LogP) is 16.2. The molecule has 0 fully saturated rings. The van der Waals surface area contributed by atoms with Gasteiger partial charge in [0.15, 0.2) is 0 Å². The number of rotatable bonds is 13. The number of benzene rings is 8. The van der Waals surface area contributed by atoms with Crippen LogP contribution in [0.1, 0.15) is 33.4 Å². The minimum atomic E-state index is -4.92. The standard InChI is InChI=1S/C56H48N14O6S4/c1-27-7-21-41-53(31(27)5)77-55(61-41)33-9-13-35(14-10-33)63-69-51-47(57)30(4)24-43(48(51)58)67-66-38-18-20-40(45(25-38)79(71,72)73)39-19-17-37(23-29(39)3)65-68-44-26-46(80(74,75)76)50(60)52(49(44)59)70-64-36-15-11-34(12-16-36)56-62-42-22-8-28(2)32(6)54(42)78-56/h7-26H,57-60H2,1-6H3,(H,71,72,73)(H,74,75,76). The van der Waals surface area contributed by atoms with Crippen molar-refractivity contribution in [3.63, 3.8) is 0 Å². The van der Waals surface area contributed by atoms with E-state index in [9.17, 15) is 25.9 Å². The van der Waals surface area contributed by atoms with Gasteiger partial charge >= 0.3 is 0 Å². The minimum absolute atomic E-state index is 0.0628. The molecule has 20 nitrogen and oxygen atoms in total. The first-order valence-electron chi connectivity index (χ1n) is 24.2. The Hall–Kier alpha value is -9.04. The molecular weight excluding hydrogens is 1090 g/mol. The highest BCUT2D eigenvalue weighted by atomic mass is 32.2. The number of hydrogen-bond donors (Lipinski definition) is 6. The first kappa shape index (κ1) is 54.3. The van der Waals surface area contributed by atoms with Gasteiger partial charge in [-0.1, -0.05) is 24.3 Å². The number of aryl methyl sites for hydroxylation is 6. The molecule has 10 rings (SSSR count). The van der Waals surface area contributed by atoms with Crippen LogP contribution >= 0.6 is 22.7 Å². The second-order valence-corrected chi connectivity index (χ2v) is 23.5.